The molecule has 0 saturated carbocycles. The minimum atomic E-state index is -1.53. The third-order valence-corrected chi connectivity index (χ3v) is 3.33. The van der Waals surface area contributed by atoms with E-state index in [1.54, 1.807) is 6.07 Å². The van der Waals surface area contributed by atoms with Crippen LogP contribution in [0.25, 0.3) is 22.3 Å². The maximum atomic E-state index is 13.3. The SMILES string of the molecule is Cc1ccc2nc(-c3cc(F)c(F)c(F)c3)nc(Cl)c2c1. The van der Waals surface area contributed by atoms with Gasteiger partial charge in [0.15, 0.2) is 23.3 Å². The molecular formula is C15H8ClF3N2. The Labute approximate surface area is 123 Å². The first-order valence-electron chi connectivity index (χ1n) is 6.04. The Kier molecular flexibility index (Phi) is 3.29. The predicted molar refractivity (Wildman–Crippen MR) is 74.6 cm³/mol. The standard InChI is InChI=1S/C15H8ClF3N2/c1-7-2-3-12-9(4-7)14(16)21-15(20-12)8-5-10(17)13(19)11(18)6-8/h2-6H,1H3. The summed E-state index contributed by atoms with van der Waals surface area (Å²) < 4.78 is 39.6. The number of rotatable bonds is 1. The van der Waals surface area contributed by atoms with Crippen molar-refractivity contribution in [2.24, 2.45) is 0 Å². The average Bonchev–Trinajstić information content (AvgIpc) is 2.44. The smallest absolute Gasteiger partial charge is 0.194 e. The van der Waals surface area contributed by atoms with Crippen molar-refractivity contribution in [3.8, 4) is 11.4 Å². The second-order valence-corrected chi connectivity index (χ2v) is 4.97. The van der Waals surface area contributed by atoms with Crippen molar-refractivity contribution in [1.29, 1.82) is 0 Å². The van der Waals surface area contributed by atoms with E-state index >= 15 is 0 Å². The lowest BCUT2D eigenvalue weighted by Gasteiger charge is -2.06. The van der Waals surface area contributed by atoms with Crippen molar-refractivity contribution in [1.82, 2.24) is 9.97 Å². The molecule has 0 radical (unpaired) electrons. The summed E-state index contributed by atoms with van der Waals surface area (Å²) in [6.45, 7) is 1.90. The summed E-state index contributed by atoms with van der Waals surface area (Å²) in [5, 5.41) is 0.812. The number of fused-ring (bicyclic) bond motifs is 1. The molecule has 106 valence electrons. The Hall–Kier alpha value is -2.14. The normalized spacial score (nSPS) is 11.1. The predicted octanol–water partition coefficient (Wildman–Crippen LogP) is 4.68. The Morgan fingerprint density at radius 1 is 0.952 bits per heavy atom. The molecular weight excluding hydrogens is 301 g/mol. The molecule has 0 amide bonds. The fraction of sp³-hybridized carbons (Fsp3) is 0.0667. The van der Waals surface area contributed by atoms with Crippen molar-refractivity contribution < 1.29 is 13.2 Å². The maximum absolute atomic E-state index is 13.3. The van der Waals surface area contributed by atoms with E-state index in [1.807, 2.05) is 19.1 Å². The number of hydrogen-bond acceptors (Lipinski definition) is 2. The number of benzene rings is 2. The first-order chi connectivity index (χ1) is 9.95. The van der Waals surface area contributed by atoms with E-state index in [-0.39, 0.29) is 16.5 Å². The van der Waals surface area contributed by atoms with Crippen LogP contribution in [0.4, 0.5) is 13.2 Å². The van der Waals surface area contributed by atoms with Gasteiger partial charge in [-0.2, -0.15) is 0 Å². The van der Waals surface area contributed by atoms with E-state index in [4.69, 9.17) is 11.6 Å². The van der Waals surface area contributed by atoms with Crippen LogP contribution < -0.4 is 0 Å². The highest BCUT2D eigenvalue weighted by atomic mass is 35.5. The van der Waals surface area contributed by atoms with E-state index in [2.05, 4.69) is 9.97 Å². The van der Waals surface area contributed by atoms with Crippen molar-refractivity contribution in [2.75, 3.05) is 0 Å². The van der Waals surface area contributed by atoms with Crippen molar-refractivity contribution >= 4 is 22.5 Å². The molecule has 1 heterocycles. The minimum absolute atomic E-state index is 0.0239. The summed E-state index contributed by atoms with van der Waals surface area (Å²) in [6.07, 6.45) is 0. The molecule has 0 fully saturated rings. The summed E-state index contributed by atoms with van der Waals surface area (Å²) in [4.78, 5) is 8.23. The fourth-order valence-corrected chi connectivity index (χ4v) is 2.25. The lowest BCUT2D eigenvalue weighted by atomic mass is 10.1. The third-order valence-electron chi connectivity index (χ3n) is 3.05. The molecule has 3 aromatic rings. The zero-order valence-electron chi connectivity index (χ0n) is 10.8. The maximum Gasteiger partial charge on any atom is 0.194 e. The van der Waals surface area contributed by atoms with Crippen LogP contribution in [0.1, 0.15) is 5.56 Å². The van der Waals surface area contributed by atoms with E-state index in [0.717, 1.165) is 17.7 Å². The van der Waals surface area contributed by atoms with Gasteiger partial charge in [0, 0.05) is 10.9 Å². The summed E-state index contributed by atoms with van der Waals surface area (Å²) >= 11 is 6.08. The van der Waals surface area contributed by atoms with Gasteiger partial charge in [-0.15, -0.1) is 0 Å². The van der Waals surface area contributed by atoms with Gasteiger partial charge in [0.05, 0.1) is 5.52 Å². The van der Waals surface area contributed by atoms with Crippen LogP contribution in [0.15, 0.2) is 30.3 Å². The first kappa shape index (κ1) is 13.8. The molecule has 0 bridgehead atoms. The number of halogens is 4. The van der Waals surface area contributed by atoms with E-state index in [0.29, 0.717) is 10.9 Å². The summed E-state index contributed by atoms with van der Waals surface area (Å²) in [7, 11) is 0. The molecule has 0 spiro atoms. The Morgan fingerprint density at radius 3 is 2.29 bits per heavy atom. The van der Waals surface area contributed by atoms with Gasteiger partial charge in [-0.25, -0.2) is 23.1 Å². The third kappa shape index (κ3) is 2.45. The van der Waals surface area contributed by atoms with E-state index in [9.17, 15) is 13.2 Å². The quantitative estimate of drug-likeness (QED) is 0.482. The molecule has 0 atom stereocenters. The second kappa shape index (κ2) is 5.00. The van der Waals surface area contributed by atoms with Crippen LogP contribution >= 0.6 is 11.6 Å². The molecule has 0 aliphatic heterocycles. The van der Waals surface area contributed by atoms with Gasteiger partial charge in [0.25, 0.3) is 0 Å². The van der Waals surface area contributed by atoms with Crippen LogP contribution in [-0.2, 0) is 0 Å². The van der Waals surface area contributed by atoms with Crippen LogP contribution in [0, 0.1) is 24.4 Å². The minimum Gasteiger partial charge on any atom is -0.228 e. The van der Waals surface area contributed by atoms with Crippen LogP contribution in [0.5, 0.6) is 0 Å². The van der Waals surface area contributed by atoms with Gasteiger partial charge >= 0.3 is 0 Å². The van der Waals surface area contributed by atoms with Gasteiger partial charge in [-0.1, -0.05) is 23.2 Å². The van der Waals surface area contributed by atoms with Crippen molar-refractivity contribution in [2.45, 2.75) is 6.92 Å². The van der Waals surface area contributed by atoms with E-state index < -0.39 is 17.5 Å². The van der Waals surface area contributed by atoms with Crippen molar-refractivity contribution in [3.05, 3.63) is 58.5 Å². The number of aromatic nitrogens is 2. The summed E-state index contributed by atoms with van der Waals surface area (Å²) in [6, 6.07) is 7.06. The molecule has 0 aliphatic rings. The summed E-state index contributed by atoms with van der Waals surface area (Å²) in [5.41, 5.74) is 1.55. The lowest BCUT2D eigenvalue weighted by molar-refractivity contribution is 0.447. The Morgan fingerprint density at radius 2 is 1.62 bits per heavy atom. The molecule has 0 N–H and O–H groups in total. The monoisotopic (exact) mass is 308 g/mol. The van der Waals surface area contributed by atoms with Crippen molar-refractivity contribution in [3.63, 3.8) is 0 Å². The summed E-state index contributed by atoms with van der Waals surface area (Å²) in [5.74, 6) is -4.09. The molecule has 0 unspecified atom stereocenters. The molecule has 0 aliphatic carbocycles. The fourth-order valence-electron chi connectivity index (χ4n) is 2.02. The highest BCUT2D eigenvalue weighted by molar-refractivity contribution is 6.34. The molecule has 3 rings (SSSR count). The number of nitrogens with zero attached hydrogens (tertiary/aromatic N) is 2. The van der Waals surface area contributed by atoms with Gasteiger partial charge in [-0.05, 0) is 31.2 Å². The van der Waals surface area contributed by atoms with Gasteiger partial charge < -0.3 is 0 Å². The van der Waals surface area contributed by atoms with Gasteiger partial charge in [0.2, 0.25) is 0 Å². The van der Waals surface area contributed by atoms with Gasteiger partial charge in [-0.3, -0.25) is 0 Å². The van der Waals surface area contributed by atoms with E-state index in [1.165, 1.54) is 0 Å². The van der Waals surface area contributed by atoms with Crippen LogP contribution in [0.2, 0.25) is 5.15 Å². The Bertz CT molecular complexity index is 842. The van der Waals surface area contributed by atoms with Gasteiger partial charge in [0.1, 0.15) is 5.15 Å². The molecule has 1 aromatic heterocycles. The zero-order valence-corrected chi connectivity index (χ0v) is 11.5. The number of hydrogen-bond donors (Lipinski definition) is 0. The zero-order chi connectivity index (χ0) is 15.1. The highest BCUT2D eigenvalue weighted by Gasteiger charge is 2.14. The van der Waals surface area contributed by atoms with Crippen LogP contribution in [-0.4, -0.2) is 9.97 Å². The Balaban J connectivity index is 2.24. The molecule has 2 nitrogen and oxygen atoms in total. The molecule has 2 aromatic carbocycles. The topological polar surface area (TPSA) is 25.8 Å². The largest absolute Gasteiger partial charge is 0.228 e. The molecule has 6 heteroatoms. The first-order valence-corrected chi connectivity index (χ1v) is 6.42. The average molecular weight is 309 g/mol. The number of aryl methyl sites for hydroxylation is 1. The highest BCUT2D eigenvalue weighted by Crippen LogP contribution is 2.27. The second-order valence-electron chi connectivity index (χ2n) is 4.61. The van der Waals surface area contributed by atoms with Crippen LogP contribution in [0.3, 0.4) is 0 Å². The lowest BCUT2D eigenvalue weighted by Crippen LogP contribution is -1.96. The molecule has 21 heavy (non-hydrogen) atoms. The molecule has 0 saturated heterocycles.